The highest BCUT2D eigenvalue weighted by Crippen LogP contribution is 2.24. The smallest absolute Gasteiger partial charge is 0.309 e. The van der Waals surface area contributed by atoms with Crippen LogP contribution < -0.4 is 0 Å². The molecule has 0 aliphatic carbocycles. The van der Waals surface area contributed by atoms with E-state index in [4.69, 9.17) is 9.84 Å². The Morgan fingerprint density at radius 2 is 1.93 bits per heavy atom. The molecule has 0 bridgehead atoms. The Morgan fingerprint density at radius 1 is 1.25 bits per heavy atom. The van der Waals surface area contributed by atoms with Crippen molar-refractivity contribution in [2.75, 3.05) is 6.61 Å². The zero-order valence-electron chi connectivity index (χ0n) is 17.5. The fourth-order valence-electron chi connectivity index (χ4n) is 2.70. The molecule has 0 amide bonds. The molecule has 2 N–H and O–H groups in total. The lowest BCUT2D eigenvalue weighted by Gasteiger charge is -2.18. The number of carbonyl (C=O) groups is 1. The van der Waals surface area contributed by atoms with E-state index in [0.717, 1.165) is 61.1 Å². The van der Waals surface area contributed by atoms with Crippen LogP contribution in [0.15, 0.2) is 55.0 Å². The Bertz CT molecular complexity index is 697. The Balaban J connectivity index is 2.34. The molecule has 5 nitrogen and oxygen atoms in total. The maximum absolute atomic E-state index is 11.1. The lowest BCUT2D eigenvalue weighted by molar-refractivity contribution is -0.147. The van der Waals surface area contributed by atoms with E-state index in [-0.39, 0.29) is 0 Å². The standard InChI is InChI=1S/C23H34N2O3/c1-6-19(12-13-20(18(2)3)21-14-16-24-25-21)28-17-11-9-7-8-10-15-23(4,5)22(26)27/h6,12-14,16H,1-2,7-11,15,17H2,3-5H3,(H,24,25)(H,26,27)/b19-12+,20-13+. The first-order valence-electron chi connectivity index (χ1n) is 9.84. The van der Waals surface area contributed by atoms with Gasteiger partial charge in [0.05, 0.1) is 17.7 Å². The number of nitrogens with one attached hydrogen (secondary N) is 1. The molecule has 1 aromatic rings. The zero-order chi connectivity index (χ0) is 21.0. The van der Waals surface area contributed by atoms with Gasteiger partial charge in [-0.1, -0.05) is 38.8 Å². The van der Waals surface area contributed by atoms with Crippen LogP contribution in [-0.2, 0) is 9.53 Å². The minimum atomic E-state index is -0.721. The van der Waals surface area contributed by atoms with Gasteiger partial charge in [0.25, 0.3) is 0 Å². The maximum atomic E-state index is 11.1. The minimum Gasteiger partial charge on any atom is -0.494 e. The average molecular weight is 387 g/mol. The molecular formula is C23H34N2O3. The number of carboxylic acid groups (broad SMARTS) is 1. The van der Waals surface area contributed by atoms with Crippen molar-refractivity contribution in [2.45, 2.75) is 59.3 Å². The van der Waals surface area contributed by atoms with E-state index in [1.165, 1.54) is 0 Å². The molecule has 1 heterocycles. The number of aromatic amines is 1. The lowest BCUT2D eigenvalue weighted by atomic mass is 9.87. The number of unbranched alkanes of at least 4 members (excludes halogenated alkanes) is 4. The van der Waals surface area contributed by atoms with Gasteiger partial charge >= 0.3 is 5.97 Å². The molecule has 28 heavy (non-hydrogen) atoms. The highest BCUT2D eigenvalue weighted by Gasteiger charge is 2.25. The summed E-state index contributed by atoms with van der Waals surface area (Å²) in [6.45, 7) is 14.0. The summed E-state index contributed by atoms with van der Waals surface area (Å²) in [5, 5.41) is 16.0. The van der Waals surface area contributed by atoms with Gasteiger partial charge in [-0.25, -0.2) is 0 Å². The number of rotatable bonds is 14. The first-order valence-corrected chi connectivity index (χ1v) is 9.84. The molecule has 0 aliphatic rings. The Labute approximate surface area is 168 Å². The zero-order valence-corrected chi connectivity index (χ0v) is 17.5. The van der Waals surface area contributed by atoms with Gasteiger partial charge < -0.3 is 9.84 Å². The third-order valence-electron chi connectivity index (χ3n) is 4.66. The van der Waals surface area contributed by atoms with Crippen LogP contribution in [0.4, 0.5) is 0 Å². The maximum Gasteiger partial charge on any atom is 0.309 e. The number of aliphatic carboxylic acids is 1. The molecule has 5 heteroatoms. The monoisotopic (exact) mass is 386 g/mol. The molecule has 0 saturated heterocycles. The van der Waals surface area contributed by atoms with Crippen molar-refractivity contribution in [3.63, 3.8) is 0 Å². The van der Waals surface area contributed by atoms with Crippen molar-refractivity contribution in [3.05, 3.63) is 60.7 Å². The Kier molecular flexibility index (Phi) is 10.1. The number of hydrogen-bond acceptors (Lipinski definition) is 3. The molecule has 0 unspecified atom stereocenters. The van der Waals surface area contributed by atoms with Crippen molar-refractivity contribution in [1.29, 1.82) is 0 Å². The normalized spacial score (nSPS) is 12.7. The van der Waals surface area contributed by atoms with E-state index in [1.807, 2.05) is 25.1 Å². The molecular weight excluding hydrogens is 352 g/mol. The Morgan fingerprint density at radius 3 is 2.50 bits per heavy atom. The van der Waals surface area contributed by atoms with Crippen molar-refractivity contribution in [1.82, 2.24) is 10.2 Å². The molecule has 0 fully saturated rings. The predicted octanol–water partition coefficient (Wildman–Crippen LogP) is 5.91. The second-order valence-corrected chi connectivity index (χ2v) is 7.66. The average Bonchev–Trinajstić information content (AvgIpc) is 3.16. The number of carboxylic acids is 1. The molecule has 0 aromatic carbocycles. The molecule has 0 atom stereocenters. The fraction of sp³-hybridized carbons (Fsp3) is 0.478. The van der Waals surface area contributed by atoms with E-state index in [1.54, 1.807) is 26.1 Å². The molecule has 0 aliphatic heterocycles. The summed E-state index contributed by atoms with van der Waals surface area (Å²) in [5.41, 5.74) is 2.21. The molecule has 0 spiro atoms. The minimum absolute atomic E-state index is 0.626. The van der Waals surface area contributed by atoms with Gasteiger partial charge in [-0.05, 0) is 63.5 Å². The van der Waals surface area contributed by atoms with E-state index in [2.05, 4.69) is 23.4 Å². The molecule has 1 aromatic heterocycles. The molecule has 1 rings (SSSR count). The number of hydrogen-bond donors (Lipinski definition) is 2. The quantitative estimate of drug-likeness (QED) is 0.237. The number of H-pyrrole nitrogens is 1. The SMILES string of the molecule is C=C/C(=C\C=C(/C(=C)C)c1ccn[nH]1)OCCCCCCCC(C)(C)C(=O)O. The summed E-state index contributed by atoms with van der Waals surface area (Å²) in [6, 6.07) is 1.90. The van der Waals surface area contributed by atoms with Crippen LogP contribution in [0, 0.1) is 5.41 Å². The molecule has 0 saturated carbocycles. The van der Waals surface area contributed by atoms with Crippen LogP contribution >= 0.6 is 0 Å². The van der Waals surface area contributed by atoms with Gasteiger partial charge in [0.1, 0.15) is 5.76 Å². The number of ether oxygens (including phenoxy) is 1. The van der Waals surface area contributed by atoms with Crippen LogP contribution in [0.1, 0.15) is 65.0 Å². The first kappa shape index (κ1) is 23.5. The van der Waals surface area contributed by atoms with Gasteiger partial charge in [-0.2, -0.15) is 5.10 Å². The van der Waals surface area contributed by atoms with Gasteiger partial charge in [-0.3, -0.25) is 9.89 Å². The molecule has 154 valence electrons. The van der Waals surface area contributed by atoms with Crippen molar-refractivity contribution >= 4 is 11.5 Å². The van der Waals surface area contributed by atoms with E-state index >= 15 is 0 Å². The largest absolute Gasteiger partial charge is 0.494 e. The first-order chi connectivity index (χ1) is 13.3. The topological polar surface area (TPSA) is 75.2 Å². The lowest BCUT2D eigenvalue weighted by Crippen LogP contribution is -2.23. The summed E-state index contributed by atoms with van der Waals surface area (Å²) in [4.78, 5) is 11.1. The highest BCUT2D eigenvalue weighted by atomic mass is 16.5. The fourth-order valence-corrected chi connectivity index (χ4v) is 2.70. The van der Waals surface area contributed by atoms with Gasteiger partial charge in [-0.15, -0.1) is 0 Å². The summed E-state index contributed by atoms with van der Waals surface area (Å²) in [6.07, 6.45) is 13.1. The van der Waals surface area contributed by atoms with Crippen molar-refractivity contribution < 1.29 is 14.6 Å². The van der Waals surface area contributed by atoms with Gasteiger partial charge in [0.2, 0.25) is 0 Å². The third-order valence-corrected chi connectivity index (χ3v) is 4.66. The number of allylic oxidation sites excluding steroid dienone is 5. The third kappa shape index (κ3) is 8.42. The van der Waals surface area contributed by atoms with E-state index in [9.17, 15) is 4.79 Å². The van der Waals surface area contributed by atoms with Crippen LogP contribution in [0.5, 0.6) is 0 Å². The summed E-state index contributed by atoms with van der Waals surface area (Å²) in [7, 11) is 0. The molecule has 0 radical (unpaired) electrons. The summed E-state index contributed by atoms with van der Waals surface area (Å²) >= 11 is 0. The van der Waals surface area contributed by atoms with Gasteiger partial charge in [0.15, 0.2) is 0 Å². The van der Waals surface area contributed by atoms with Crippen LogP contribution in [-0.4, -0.2) is 27.9 Å². The van der Waals surface area contributed by atoms with Crippen LogP contribution in [0.2, 0.25) is 0 Å². The van der Waals surface area contributed by atoms with E-state index < -0.39 is 11.4 Å². The second-order valence-electron chi connectivity index (χ2n) is 7.66. The second kappa shape index (κ2) is 12.0. The highest BCUT2D eigenvalue weighted by molar-refractivity contribution is 5.76. The predicted molar refractivity (Wildman–Crippen MR) is 115 cm³/mol. The summed E-state index contributed by atoms with van der Waals surface area (Å²) in [5.74, 6) is 0.00231. The van der Waals surface area contributed by atoms with Crippen LogP contribution in [0.3, 0.4) is 0 Å². The Hall–Kier alpha value is -2.56. The van der Waals surface area contributed by atoms with Gasteiger partial charge in [0, 0.05) is 11.8 Å². The van der Waals surface area contributed by atoms with E-state index in [0.29, 0.717) is 6.61 Å². The number of nitrogens with zero attached hydrogens (tertiary/aromatic N) is 1. The van der Waals surface area contributed by atoms with Crippen LogP contribution in [0.25, 0.3) is 5.57 Å². The summed E-state index contributed by atoms with van der Waals surface area (Å²) < 4.78 is 5.80. The van der Waals surface area contributed by atoms with Crippen molar-refractivity contribution in [3.8, 4) is 0 Å². The van der Waals surface area contributed by atoms with Crippen molar-refractivity contribution in [2.24, 2.45) is 5.41 Å². The number of aromatic nitrogens is 2.